The van der Waals surface area contributed by atoms with Crippen LogP contribution in [0.1, 0.15) is 17.3 Å². The summed E-state index contributed by atoms with van der Waals surface area (Å²) in [7, 11) is -3.19. The molecule has 100 valence electrons. The fraction of sp³-hybridized carbons (Fsp3) is 0.364. The van der Waals surface area contributed by atoms with E-state index in [0.29, 0.717) is 0 Å². The second-order valence-electron chi connectivity index (χ2n) is 4.07. The predicted molar refractivity (Wildman–Crippen MR) is 70.7 cm³/mol. The van der Waals surface area contributed by atoms with Crippen molar-refractivity contribution >= 4 is 31.7 Å². The maximum atomic E-state index is 13.6. The third-order valence-corrected chi connectivity index (χ3v) is 3.84. The first-order chi connectivity index (χ1) is 8.20. The molecule has 0 aromatic heterocycles. The molecule has 0 spiro atoms. The van der Waals surface area contributed by atoms with Crippen molar-refractivity contribution in [2.75, 3.05) is 12.0 Å². The summed E-state index contributed by atoms with van der Waals surface area (Å²) in [5, 5.41) is 2.44. The van der Waals surface area contributed by atoms with Gasteiger partial charge in [-0.25, -0.2) is 12.8 Å². The van der Waals surface area contributed by atoms with E-state index in [9.17, 15) is 17.6 Å². The van der Waals surface area contributed by atoms with Gasteiger partial charge in [-0.1, -0.05) is 6.07 Å². The van der Waals surface area contributed by atoms with E-state index in [4.69, 9.17) is 0 Å². The number of nitrogens with one attached hydrogen (secondary N) is 1. The molecule has 1 N–H and O–H groups in total. The maximum Gasteiger partial charge on any atom is 0.254 e. The van der Waals surface area contributed by atoms with E-state index in [1.54, 1.807) is 6.92 Å². The topological polar surface area (TPSA) is 63.2 Å². The minimum absolute atomic E-state index is 0.121. The fourth-order valence-electron chi connectivity index (χ4n) is 1.48. The molecule has 0 saturated heterocycles. The molecule has 0 fully saturated rings. The van der Waals surface area contributed by atoms with Crippen LogP contribution in [0.5, 0.6) is 0 Å². The Bertz CT molecular complexity index is 559. The highest BCUT2D eigenvalue weighted by atomic mass is 79.9. The molecule has 18 heavy (non-hydrogen) atoms. The van der Waals surface area contributed by atoms with Crippen molar-refractivity contribution < 1.29 is 17.6 Å². The third-order valence-electron chi connectivity index (χ3n) is 2.13. The summed E-state index contributed by atoms with van der Waals surface area (Å²) in [5.74, 6) is -1.49. The van der Waals surface area contributed by atoms with Gasteiger partial charge in [0.2, 0.25) is 0 Å². The first-order valence-electron chi connectivity index (χ1n) is 5.13. The Morgan fingerprint density at radius 2 is 2.11 bits per heavy atom. The maximum absolute atomic E-state index is 13.6. The van der Waals surface area contributed by atoms with Crippen molar-refractivity contribution in [1.82, 2.24) is 5.32 Å². The average molecular weight is 338 g/mol. The summed E-state index contributed by atoms with van der Waals surface area (Å²) in [5.41, 5.74) is -0.121. The molecule has 0 aliphatic heterocycles. The summed E-state index contributed by atoms with van der Waals surface area (Å²) in [6, 6.07) is 3.77. The zero-order valence-electron chi connectivity index (χ0n) is 9.91. The van der Waals surface area contributed by atoms with E-state index in [-0.39, 0.29) is 15.8 Å². The van der Waals surface area contributed by atoms with Crippen LogP contribution in [-0.2, 0) is 9.84 Å². The minimum Gasteiger partial charge on any atom is -0.348 e. The molecular formula is C11H13BrFNO3S. The van der Waals surface area contributed by atoms with Gasteiger partial charge in [0.15, 0.2) is 0 Å². The van der Waals surface area contributed by atoms with Crippen molar-refractivity contribution in [2.24, 2.45) is 0 Å². The highest BCUT2D eigenvalue weighted by Gasteiger charge is 2.17. The van der Waals surface area contributed by atoms with Gasteiger partial charge in [0.1, 0.15) is 15.7 Å². The quantitative estimate of drug-likeness (QED) is 0.910. The molecular weight excluding hydrogens is 325 g/mol. The van der Waals surface area contributed by atoms with E-state index in [2.05, 4.69) is 21.2 Å². The number of sulfone groups is 1. The van der Waals surface area contributed by atoms with Gasteiger partial charge in [0.25, 0.3) is 5.91 Å². The standard InChI is InChI=1S/C11H13BrFNO3S/c1-7(6-18(2,16)17)14-11(15)8-4-3-5-9(12)10(8)13/h3-5,7H,6H2,1-2H3,(H,14,15). The number of carbonyl (C=O) groups excluding carboxylic acids is 1. The second kappa shape index (κ2) is 5.79. The monoisotopic (exact) mass is 337 g/mol. The van der Waals surface area contributed by atoms with Crippen molar-refractivity contribution in [3.8, 4) is 0 Å². The van der Waals surface area contributed by atoms with Crippen molar-refractivity contribution in [2.45, 2.75) is 13.0 Å². The van der Waals surface area contributed by atoms with E-state index in [1.165, 1.54) is 18.2 Å². The van der Waals surface area contributed by atoms with E-state index in [0.717, 1.165) is 6.26 Å². The summed E-state index contributed by atoms with van der Waals surface area (Å²) in [6.45, 7) is 1.55. The lowest BCUT2D eigenvalue weighted by atomic mass is 10.2. The molecule has 1 aromatic carbocycles. The lowest BCUT2D eigenvalue weighted by Gasteiger charge is -2.13. The number of hydrogen-bond donors (Lipinski definition) is 1. The van der Waals surface area contributed by atoms with Gasteiger partial charge in [0, 0.05) is 12.3 Å². The molecule has 4 nitrogen and oxygen atoms in total. The van der Waals surface area contributed by atoms with Gasteiger partial charge < -0.3 is 5.32 Å². The number of carbonyl (C=O) groups is 1. The minimum atomic E-state index is -3.19. The molecule has 0 aliphatic carbocycles. The van der Waals surface area contributed by atoms with Crippen molar-refractivity contribution in [3.05, 3.63) is 34.1 Å². The molecule has 1 amide bonds. The molecule has 1 aromatic rings. The highest BCUT2D eigenvalue weighted by Crippen LogP contribution is 2.18. The summed E-state index contributed by atoms with van der Waals surface area (Å²) < 4.78 is 35.9. The van der Waals surface area contributed by atoms with Gasteiger partial charge in [-0.3, -0.25) is 4.79 Å². The Labute approximate surface area is 114 Å². The predicted octanol–water partition coefficient (Wildman–Crippen LogP) is 1.75. The lowest BCUT2D eigenvalue weighted by Crippen LogP contribution is -2.37. The molecule has 0 heterocycles. The zero-order valence-corrected chi connectivity index (χ0v) is 12.3. The Morgan fingerprint density at radius 3 is 2.67 bits per heavy atom. The van der Waals surface area contributed by atoms with Crippen LogP contribution in [0.15, 0.2) is 22.7 Å². The Hall–Kier alpha value is -0.950. The van der Waals surface area contributed by atoms with Gasteiger partial charge >= 0.3 is 0 Å². The number of benzene rings is 1. The molecule has 7 heteroatoms. The van der Waals surface area contributed by atoms with Crippen LogP contribution in [0.3, 0.4) is 0 Å². The van der Waals surface area contributed by atoms with Crippen LogP contribution in [0.4, 0.5) is 4.39 Å². The van der Waals surface area contributed by atoms with Crippen LogP contribution in [0.2, 0.25) is 0 Å². The molecule has 1 unspecified atom stereocenters. The van der Waals surface area contributed by atoms with E-state index >= 15 is 0 Å². The zero-order chi connectivity index (χ0) is 13.9. The van der Waals surface area contributed by atoms with Crippen LogP contribution in [0, 0.1) is 5.82 Å². The first kappa shape index (κ1) is 15.1. The van der Waals surface area contributed by atoms with E-state index < -0.39 is 27.6 Å². The highest BCUT2D eigenvalue weighted by molar-refractivity contribution is 9.10. The fourth-order valence-corrected chi connectivity index (χ4v) is 2.83. The third kappa shape index (κ3) is 4.38. The summed E-state index contributed by atoms with van der Waals surface area (Å²) in [4.78, 5) is 11.7. The molecule has 0 aliphatic rings. The first-order valence-corrected chi connectivity index (χ1v) is 7.98. The number of rotatable bonds is 4. The van der Waals surface area contributed by atoms with Crippen LogP contribution < -0.4 is 5.32 Å². The van der Waals surface area contributed by atoms with Crippen molar-refractivity contribution in [3.63, 3.8) is 0 Å². The van der Waals surface area contributed by atoms with Crippen LogP contribution >= 0.6 is 15.9 Å². The van der Waals surface area contributed by atoms with Gasteiger partial charge in [-0.15, -0.1) is 0 Å². The molecule has 0 bridgehead atoms. The largest absolute Gasteiger partial charge is 0.348 e. The molecule has 1 atom stereocenters. The smallest absolute Gasteiger partial charge is 0.254 e. The molecule has 1 rings (SSSR count). The lowest BCUT2D eigenvalue weighted by molar-refractivity contribution is 0.0939. The van der Waals surface area contributed by atoms with E-state index in [1.807, 2.05) is 0 Å². The van der Waals surface area contributed by atoms with Gasteiger partial charge in [0.05, 0.1) is 15.8 Å². The van der Waals surface area contributed by atoms with Crippen molar-refractivity contribution in [1.29, 1.82) is 0 Å². The van der Waals surface area contributed by atoms with Crippen LogP contribution in [0.25, 0.3) is 0 Å². The van der Waals surface area contributed by atoms with Crippen LogP contribution in [-0.4, -0.2) is 32.4 Å². The summed E-state index contributed by atoms with van der Waals surface area (Å²) >= 11 is 2.98. The summed E-state index contributed by atoms with van der Waals surface area (Å²) in [6.07, 6.45) is 1.08. The Morgan fingerprint density at radius 1 is 1.50 bits per heavy atom. The number of halogens is 2. The number of amides is 1. The second-order valence-corrected chi connectivity index (χ2v) is 7.11. The normalized spacial score (nSPS) is 13.1. The van der Waals surface area contributed by atoms with Gasteiger partial charge in [-0.05, 0) is 35.0 Å². The molecule has 0 saturated carbocycles. The molecule has 0 radical (unpaired) electrons. The SMILES string of the molecule is CC(CS(C)(=O)=O)NC(=O)c1cccc(Br)c1F. The Kier molecular flexibility index (Phi) is 4.86. The number of hydrogen-bond acceptors (Lipinski definition) is 3. The Balaban J connectivity index is 2.80. The average Bonchev–Trinajstić information content (AvgIpc) is 2.18. The van der Waals surface area contributed by atoms with Gasteiger partial charge in [-0.2, -0.15) is 0 Å².